The van der Waals surface area contributed by atoms with Crippen molar-refractivity contribution < 1.29 is 36.6 Å². The van der Waals surface area contributed by atoms with E-state index in [0.29, 0.717) is 16.3 Å². The first-order chi connectivity index (χ1) is 19.0. The molecule has 2 amide bonds. The maximum absolute atomic E-state index is 12.9. The average Bonchev–Trinajstić information content (AvgIpc) is 3.18. The number of halogens is 2. The largest absolute Gasteiger partial charge is 0.493 e. The van der Waals surface area contributed by atoms with Crippen molar-refractivity contribution in [2.75, 3.05) is 20.3 Å². The molecule has 0 N–H and O–H groups in total. The second-order valence-electron chi connectivity index (χ2n) is 7.96. The van der Waals surface area contributed by atoms with Crippen molar-refractivity contribution in [1.29, 1.82) is 0 Å². The number of hydrogen-bond acceptors (Lipinski definition) is 10. The zero-order chi connectivity index (χ0) is 29.0. The highest BCUT2D eigenvalue weighted by Crippen LogP contribution is 2.40. The molecule has 1 aliphatic rings. The molecule has 11 nitrogen and oxygen atoms in total. The molecular weight excluding hydrogens is 652 g/mol. The van der Waals surface area contributed by atoms with Gasteiger partial charge in [-0.25, -0.2) is 0 Å². The van der Waals surface area contributed by atoms with Gasteiger partial charge in [-0.2, -0.15) is 8.42 Å². The van der Waals surface area contributed by atoms with Crippen LogP contribution < -0.4 is 13.7 Å². The number of thioether (sulfide) groups is 1. The summed E-state index contributed by atoms with van der Waals surface area (Å²) in [5.74, 6) is -0.194. The van der Waals surface area contributed by atoms with Crippen LogP contribution in [0.2, 0.25) is 5.02 Å². The van der Waals surface area contributed by atoms with Crippen molar-refractivity contribution in [3.8, 4) is 17.2 Å². The topological polar surface area (TPSA) is 142 Å². The predicted molar refractivity (Wildman–Crippen MR) is 151 cm³/mol. The van der Waals surface area contributed by atoms with E-state index in [9.17, 15) is 28.1 Å². The van der Waals surface area contributed by atoms with Gasteiger partial charge in [0.15, 0.2) is 11.5 Å². The van der Waals surface area contributed by atoms with Crippen molar-refractivity contribution in [2.24, 2.45) is 0 Å². The summed E-state index contributed by atoms with van der Waals surface area (Å²) < 4.78 is 41.9. The monoisotopic (exact) mass is 668 g/mol. The Kier molecular flexibility index (Phi) is 9.03. The molecule has 0 aliphatic carbocycles. The Morgan fingerprint density at radius 2 is 1.85 bits per heavy atom. The molecule has 0 radical (unpaired) electrons. The minimum atomic E-state index is -4.47. The van der Waals surface area contributed by atoms with Crippen LogP contribution in [0, 0.1) is 10.1 Å². The number of imide groups is 1. The van der Waals surface area contributed by atoms with Crippen LogP contribution in [0.15, 0.2) is 74.9 Å². The van der Waals surface area contributed by atoms with Crippen LogP contribution in [0.1, 0.15) is 5.56 Å². The van der Waals surface area contributed by atoms with Gasteiger partial charge < -0.3 is 13.7 Å². The quantitative estimate of drug-likeness (QED) is 0.111. The zero-order valence-electron chi connectivity index (χ0n) is 20.4. The molecule has 0 unspecified atom stereocenters. The van der Waals surface area contributed by atoms with E-state index in [2.05, 4.69) is 15.9 Å². The summed E-state index contributed by atoms with van der Waals surface area (Å²) in [6.07, 6.45) is 1.46. The zero-order valence-corrected chi connectivity index (χ0v) is 24.4. The van der Waals surface area contributed by atoms with Crippen LogP contribution in [0.5, 0.6) is 17.2 Å². The number of rotatable bonds is 10. The first-order valence-corrected chi connectivity index (χ1v) is 14.6. The summed E-state index contributed by atoms with van der Waals surface area (Å²) in [6, 6.07) is 14.0. The molecule has 0 aromatic heterocycles. The third-order valence-electron chi connectivity index (χ3n) is 5.33. The number of ether oxygens (including phenoxy) is 2. The molecule has 1 saturated heterocycles. The Bertz CT molecular complexity index is 1630. The van der Waals surface area contributed by atoms with Crippen LogP contribution in [0.25, 0.3) is 6.08 Å². The van der Waals surface area contributed by atoms with Crippen molar-refractivity contribution in [1.82, 2.24) is 4.90 Å². The van der Waals surface area contributed by atoms with Gasteiger partial charge in [0.1, 0.15) is 17.3 Å². The summed E-state index contributed by atoms with van der Waals surface area (Å²) in [4.78, 5) is 36.4. The predicted octanol–water partition coefficient (Wildman–Crippen LogP) is 5.90. The molecule has 1 heterocycles. The number of hydrogen-bond donors (Lipinski definition) is 0. The Hall–Kier alpha value is -3.59. The van der Waals surface area contributed by atoms with E-state index in [-0.39, 0.29) is 34.0 Å². The molecule has 0 spiro atoms. The van der Waals surface area contributed by atoms with E-state index in [0.717, 1.165) is 34.9 Å². The Balaban J connectivity index is 1.51. The van der Waals surface area contributed by atoms with Crippen LogP contribution >= 0.6 is 39.3 Å². The fraction of sp³-hybridized carbons (Fsp3) is 0.120. The number of amides is 2. The van der Waals surface area contributed by atoms with E-state index >= 15 is 0 Å². The maximum atomic E-state index is 12.9. The van der Waals surface area contributed by atoms with E-state index < -0.39 is 36.8 Å². The number of carbonyl (C=O) groups excluding carboxylic acids is 2. The molecule has 15 heteroatoms. The van der Waals surface area contributed by atoms with Crippen molar-refractivity contribution in [2.45, 2.75) is 4.90 Å². The molecule has 0 bridgehead atoms. The molecule has 40 heavy (non-hydrogen) atoms. The van der Waals surface area contributed by atoms with E-state index in [1.807, 2.05) is 0 Å². The SMILES string of the molecule is COc1cc(/C=C2\SC(=O)N(CCOc3ccc(Cl)cc3)C2=O)cc(Br)c1OS(=O)(=O)c1cccc([N+](=O)[O-])c1. The lowest BCUT2D eigenvalue weighted by Gasteiger charge is -2.14. The third-order valence-corrected chi connectivity index (χ3v) is 8.30. The second-order valence-corrected chi connectivity index (χ2v) is 11.8. The van der Waals surface area contributed by atoms with Gasteiger partial charge in [-0.15, -0.1) is 0 Å². The van der Waals surface area contributed by atoms with Crippen molar-refractivity contribution in [3.05, 3.63) is 90.7 Å². The molecule has 0 saturated carbocycles. The lowest BCUT2D eigenvalue weighted by atomic mass is 10.2. The summed E-state index contributed by atoms with van der Waals surface area (Å²) in [7, 11) is -3.19. The van der Waals surface area contributed by atoms with Crippen molar-refractivity contribution in [3.63, 3.8) is 0 Å². The normalized spacial score (nSPS) is 14.5. The summed E-state index contributed by atoms with van der Waals surface area (Å²) in [6.45, 7) is 0.108. The second kappa shape index (κ2) is 12.3. The number of carbonyl (C=O) groups is 2. The molecule has 1 aliphatic heterocycles. The fourth-order valence-electron chi connectivity index (χ4n) is 3.44. The molecule has 0 atom stereocenters. The number of nitrogens with zero attached hydrogens (tertiary/aromatic N) is 2. The van der Waals surface area contributed by atoms with Crippen LogP contribution in [0.3, 0.4) is 0 Å². The smallest absolute Gasteiger partial charge is 0.339 e. The minimum Gasteiger partial charge on any atom is -0.493 e. The molecular formula is C25H18BrClN2O9S2. The van der Waals surface area contributed by atoms with Gasteiger partial charge in [-0.05, 0) is 81.8 Å². The van der Waals surface area contributed by atoms with Gasteiger partial charge in [0.05, 0.1) is 28.0 Å². The van der Waals surface area contributed by atoms with Crippen LogP contribution in [0.4, 0.5) is 10.5 Å². The number of non-ortho nitro benzene ring substituents is 1. The minimum absolute atomic E-state index is 0.00905. The summed E-state index contributed by atoms with van der Waals surface area (Å²) >= 11 is 9.85. The number of nitro groups is 1. The lowest BCUT2D eigenvalue weighted by Crippen LogP contribution is -2.32. The summed E-state index contributed by atoms with van der Waals surface area (Å²) in [5.41, 5.74) is -0.0109. The number of benzene rings is 3. The highest BCUT2D eigenvalue weighted by molar-refractivity contribution is 9.10. The maximum Gasteiger partial charge on any atom is 0.339 e. The van der Waals surface area contributed by atoms with Gasteiger partial charge >= 0.3 is 10.1 Å². The van der Waals surface area contributed by atoms with Gasteiger partial charge in [-0.1, -0.05) is 17.7 Å². The van der Waals surface area contributed by atoms with Gasteiger partial charge in [0.2, 0.25) is 0 Å². The van der Waals surface area contributed by atoms with Gasteiger partial charge in [0.25, 0.3) is 16.8 Å². The molecule has 3 aromatic carbocycles. The first-order valence-electron chi connectivity index (χ1n) is 11.2. The molecule has 4 rings (SSSR count). The van der Waals surface area contributed by atoms with Crippen LogP contribution in [-0.2, 0) is 14.9 Å². The standard InChI is InChI=1S/C25H18BrClN2O9S2/c1-36-21-12-15(11-20(26)23(21)38-40(34,35)19-4-2-3-17(14-19)29(32)33)13-22-24(30)28(25(31)39-22)9-10-37-18-7-5-16(27)6-8-18/h2-8,11-14H,9-10H2,1H3/b22-13-. The Morgan fingerprint density at radius 1 is 1.12 bits per heavy atom. The van der Waals surface area contributed by atoms with Crippen LogP contribution in [-0.4, -0.2) is 49.6 Å². The fourth-order valence-corrected chi connectivity index (χ4v) is 6.08. The van der Waals surface area contributed by atoms with Crippen molar-refractivity contribution >= 4 is 72.3 Å². The number of nitro benzene ring substituents is 1. The Morgan fingerprint density at radius 3 is 2.52 bits per heavy atom. The third kappa shape index (κ3) is 6.75. The highest BCUT2D eigenvalue weighted by Gasteiger charge is 2.35. The molecule has 3 aromatic rings. The average molecular weight is 670 g/mol. The van der Waals surface area contributed by atoms with E-state index in [4.69, 9.17) is 25.3 Å². The van der Waals surface area contributed by atoms with E-state index in [1.54, 1.807) is 24.3 Å². The first kappa shape index (κ1) is 29.4. The molecule has 208 valence electrons. The number of methoxy groups -OCH3 is 1. The summed E-state index contributed by atoms with van der Waals surface area (Å²) in [5, 5.41) is 11.1. The van der Waals surface area contributed by atoms with Gasteiger partial charge in [-0.3, -0.25) is 24.6 Å². The van der Waals surface area contributed by atoms with E-state index in [1.165, 1.54) is 31.4 Å². The highest BCUT2D eigenvalue weighted by atomic mass is 79.9. The molecule has 1 fully saturated rings. The lowest BCUT2D eigenvalue weighted by molar-refractivity contribution is -0.385. The van der Waals surface area contributed by atoms with Gasteiger partial charge in [0, 0.05) is 17.2 Å². The Labute approximate surface area is 246 Å².